The summed E-state index contributed by atoms with van der Waals surface area (Å²) in [5.74, 6) is 1.57. The van der Waals surface area contributed by atoms with E-state index in [0.29, 0.717) is 12.0 Å². The largest absolute Gasteiger partial charge is 0.446 e. The zero-order chi connectivity index (χ0) is 18.4. The highest BCUT2D eigenvalue weighted by Crippen LogP contribution is 2.42. The Morgan fingerprint density at radius 2 is 2.26 bits per heavy atom. The predicted molar refractivity (Wildman–Crippen MR) is 99.4 cm³/mol. The van der Waals surface area contributed by atoms with Crippen LogP contribution in [0.5, 0.6) is 0 Å². The third kappa shape index (κ3) is 2.83. The number of nitrogens with zero attached hydrogens (tertiary/aromatic N) is 4. The minimum Gasteiger partial charge on any atom is -0.446 e. The number of fused-ring (bicyclic) bond motifs is 3. The van der Waals surface area contributed by atoms with Crippen molar-refractivity contribution >= 4 is 22.9 Å². The van der Waals surface area contributed by atoms with Gasteiger partial charge in [-0.1, -0.05) is 13.3 Å². The molecule has 2 N–H and O–H groups in total. The normalized spacial score (nSPS) is 25.7. The zero-order valence-corrected chi connectivity index (χ0v) is 15.4. The fraction of sp³-hybridized carbons (Fsp3) is 0.579. The van der Waals surface area contributed by atoms with Crippen molar-refractivity contribution in [3.63, 3.8) is 0 Å². The molecule has 1 amide bonds. The van der Waals surface area contributed by atoms with Crippen molar-refractivity contribution in [1.82, 2.24) is 29.9 Å². The Balaban J connectivity index is 1.40. The number of amides is 1. The molecule has 0 spiro atoms. The van der Waals surface area contributed by atoms with Gasteiger partial charge in [0.05, 0.1) is 11.7 Å². The first-order valence-electron chi connectivity index (χ1n) is 9.87. The quantitative estimate of drug-likeness (QED) is 0.737. The molecule has 3 aromatic rings. The van der Waals surface area contributed by atoms with E-state index in [1.54, 1.807) is 6.20 Å². The molecule has 2 saturated carbocycles. The van der Waals surface area contributed by atoms with E-state index in [-0.39, 0.29) is 18.1 Å². The minimum atomic E-state index is -0.275. The van der Waals surface area contributed by atoms with E-state index in [9.17, 15) is 4.79 Å². The van der Waals surface area contributed by atoms with Crippen molar-refractivity contribution in [2.24, 2.45) is 5.92 Å². The number of aromatic amines is 1. The monoisotopic (exact) mass is 368 g/mol. The van der Waals surface area contributed by atoms with Gasteiger partial charge in [-0.25, -0.2) is 9.78 Å². The minimum absolute atomic E-state index is 0.0732. The second kappa shape index (κ2) is 6.51. The number of rotatable bonds is 4. The maximum absolute atomic E-state index is 12.2. The van der Waals surface area contributed by atoms with Crippen LogP contribution in [0.4, 0.5) is 4.79 Å². The molecule has 142 valence electrons. The van der Waals surface area contributed by atoms with Gasteiger partial charge in [-0.15, -0.1) is 10.2 Å². The summed E-state index contributed by atoms with van der Waals surface area (Å²) in [7, 11) is 0. The summed E-state index contributed by atoms with van der Waals surface area (Å²) in [4.78, 5) is 19.7. The van der Waals surface area contributed by atoms with Crippen molar-refractivity contribution in [1.29, 1.82) is 0 Å². The second-order valence-corrected chi connectivity index (χ2v) is 7.77. The van der Waals surface area contributed by atoms with Crippen LogP contribution in [0, 0.1) is 5.92 Å². The van der Waals surface area contributed by atoms with Gasteiger partial charge >= 0.3 is 6.09 Å². The van der Waals surface area contributed by atoms with Gasteiger partial charge in [0.15, 0.2) is 11.3 Å². The molecule has 0 aromatic carbocycles. The number of carbonyl (C=O) groups excluding carboxylic acids is 1. The standard InChI is InChI=1S/C19H24N6O2/c1-2-11-8-13(27-19(26)22-12-4-3-5-12)9-14(11)18-24-23-16-10-21-17-15(25(16)18)6-7-20-17/h6-7,10-14,20H,2-5,8-9H2,1H3,(H,22,26). The number of ether oxygens (including phenoxy) is 1. The van der Waals surface area contributed by atoms with Crippen LogP contribution in [0.3, 0.4) is 0 Å². The van der Waals surface area contributed by atoms with Gasteiger partial charge in [0, 0.05) is 18.2 Å². The van der Waals surface area contributed by atoms with E-state index in [4.69, 9.17) is 4.74 Å². The van der Waals surface area contributed by atoms with Gasteiger partial charge in [0.2, 0.25) is 0 Å². The average Bonchev–Trinajstić information content (AvgIpc) is 3.34. The molecule has 3 heterocycles. The van der Waals surface area contributed by atoms with Crippen molar-refractivity contribution in [3.8, 4) is 0 Å². The van der Waals surface area contributed by atoms with Crippen LogP contribution in [0.1, 0.15) is 57.2 Å². The zero-order valence-electron chi connectivity index (χ0n) is 15.4. The number of carbonyl (C=O) groups is 1. The molecule has 0 bridgehead atoms. The van der Waals surface area contributed by atoms with Crippen molar-refractivity contribution in [2.75, 3.05) is 0 Å². The highest BCUT2D eigenvalue weighted by molar-refractivity contribution is 5.74. The van der Waals surface area contributed by atoms with Gasteiger partial charge in [-0.3, -0.25) is 4.40 Å². The summed E-state index contributed by atoms with van der Waals surface area (Å²) in [5, 5.41) is 11.8. The lowest BCUT2D eigenvalue weighted by molar-refractivity contribution is 0.0913. The molecule has 27 heavy (non-hydrogen) atoms. The number of hydrogen-bond acceptors (Lipinski definition) is 5. The number of alkyl carbamates (subject to hydrolysis) is 1. The summed E-state index contributed by atoms with van der Waals surface area (Å²) >= 11 is 0. The highest BCUT2D eigenvalue weighted by Gasteiger charge is 2.39. The van der Waals surface area contributed by atoms with Crippen molar-refractivity contribution in [3.05, 3.63) is 24.3 Å². The van der Waals surface area contributed by atoms with E-state index < -0.39 is 0 Å². The summed E-state index contributed by atoms with van der Waals surface area (Å²) in [6.45, 7) is 2.19. The van der Waals surface area contributed by atoms with E-state index in [1.165, 1.54) is 6.42 Å². The summed E-state index contributed by atoms with van der Waals surface area (Å²) in [6.07, 6.45) is 9.26. The highest BCUT2D eigenvalue weighted by atomic mass is 16.6. The van der Waals surface area contributed by atoms with Crippen LogP contribution in [-0.2, 0) is 4.74 Å². The third-order valence-corrected chi connectivity index (χ3v) is 6.18. The second-order valence-electron chi connectivity index (χ2n) is 7.77. The first kappa shape index (κ1) is 16.5. The van der Waals surface area contributed by atoms with Gasteiger partial charge in [-0.2, -0.15) is 0 Å². The number of nitrogens with one attached hydrogen (secondary N) is 2. The smallest absolute Gasteiger partial charge is 0.407 e. The molecular weight excluding hydrogens is 344 g/mol. The SMILES string of the molecule is CCC1CC(OC(=O)NC2CCC2)CC1c1nnc2cnc3[nH]ccc3n12. The maximum atomic E-state index is 12.2. The van der Waals surface area contributed by atoms with Crippen LogP contribution in [0.25, 0.3) is 16.8 Å². The van der Waals surface area contributed by atoms with Crippen LogP contribution in [0.2, 0.25) is 0 Å². The Morgan fingerprint density at radius 3 is 3.04 bits per heavy atom. The van der Waals surface area contributed by atoms with Crippen LogP contribution in [-0.4, -0.2) is 42.8 Å². The Bertz CT molecular complexity index is 975. The maximum Gasteiger partial charge on any atom is 0.407 e. The van der Waals surface area contributed by atoms with Crippen LogP contribution >= 0.6 is 0 Å². The van der Waals surface area contributed by atoms with Gasteiger partial charge in [-0.05, 0) is 44.1 Å². The lowest BCUT2D eigenvalue weighted by Crippen LogP contribution is -2.40. The number of hydrogen-bond donors (Lipinski definition) is 2. The molecule has 8 heteroatoms. The van der Waals surface area contributed by atoms with Crippen LogP contribution < -0.4 is 5.32 Å². The Kier molecular flexibility index (Phi) is 3.98. The van der Waals surface area contributed by atoms with Gasteiger partial charge < -0.3 is 15.0 Å². The van der Waals surface area contributed by atoms with Gasteiger partial charge in [0.1, 0.15) is 11.9 Å². The lowest BCUT2D eigenvalue weighted by Gasteiger charge is -2.26. The molecule has 2 fully saturated rings. The van der Waals surface area contributed by atoms with Crippen molar-refractivity contribution < 1.29 is 9.53 Å². The summed E-state index contributed by atoms with van der Waals surface area (Å²) in [5.41, 5.74) is 2.55. The molecule has 3 unspecified atom stereocenters. The Labute approximate surface area is 156 Å². The van der Waals surface area contributed by atoms with Crippen LogP contribution in [0.15, 0.2) is 18.5 Å². The first-order chi connectivity index (χ1) is 13.2. The number of H-pyrrole nitrogens is 1. The predicted octanol–water partition coefficient (Wildman–Crippen LogP) is 3.16. The lowest BCUT2D eigenvalue weighted by atomic mass is 9.93. The molecule has 0 saturated heterocycles. The molecule has 5 rings (SSSR count). The molecule has 2 aliphatic carbocycles. The van der Waals surface area contributed by atoms with Crippen molar-refractivity contribution in [2.45, 2.75) is 63.5 Å². The molecule has 3 atom stereocenters. The fourth-order valence-electron chi connectivity index (χ4n) is 4.48. The van der Waals surface area contributed by atoms with E-state index in [2.05, 4.69) is 36.8 Å². The Morgan fingerprint density at radius 1 is 1.37 bits per heavy atom. The average molecular weight is 368 g/mol. The molecule has 3 aromatic heterocycles. The molecule has 0 aliphatic heterocycles. The fourth-order valence-corrected chi connectivity index (χ4v) is 4.48. The topological polar surface area (TPSA) is 97.2 Å². The molecule has 2 aliphatic rings. The van der Waals surface area contributed by atoms with E-state index in [0.717, 1.165) is 54.7 Å². The van der Waals surface area contributed by atoms with E-state index >= 15 is 0 Å². The summed E-state index contributed by atoms with van der Waals surface area (Å²) < 4.78 is 7.82. The molecular formula is C19H24N6O2. The van der Waals surface area contributed by atoms with Gasteiger partial charge in [0.25, 0.3) is 0 Å². The first-order valence-corrected chi connectivity index (χ1v) is 9.87. The third-order valence-electron chi connectivity index (χ3n) is 6.18. The molecule has 8 nitrogen and oxygen atoms in total. The van der Waals surface area contributed by atoms with E-state index in [1.807, 2.05) is 12.3 Å². The molecule has 0 radical (unpaired) electrons. The summed E-state index contributed by atoms with van der Waals surface area (Å²) in [6, 6.07) is 2.30. The Hall–Kier alpha value is -2.64. The number of aromatic nitrogens is 5.